The van der Waals surface area contributed by atoms with E-state index in [0.717, 1.165) is 62.8 Å². The van der Waals surface area contributed by atoms with Gasteiger partial charge in [-0.25, -0.2) is 4.99 Å². The number of rotatable bonds is 10. The average Bonchev–Trinajstić information content (AvgIpc) is 3.16. The van der Waals surface area contributed by atoms with Gasteiger partial charge in [-0.15, -0.1) is 0 Å². The molecule has 25 heavy (non-hydrogen) atoms. The lowest BCUT2D eigenvalue weighted by molar-refractivity contribution is 0.0168. The van der Waals surface area contributed by atoms with Gasteiger partial charge in [0.15, 0.2) is 5.96 Å². The normalized spacial score (nSPS) is 17.5. The zero-order valence-corrected chi connectivity index (χ0v) is 15.4. The highest BCUT2D eigenvalue weighted by atomic mass is 16.5. The van der Waals surface area contributed by atoms with Crippen LogP contribution in [-0.4, -0.2) is 52.1 Å². The number of aliphatic imine (C=N–C) groups is 1. The maximum absolute atomic E-state index is 5.67. The summed E-state index contributed by atoms with van der Waals surface area (Å²) in [4.78, 5) is 4.61. The first-order chi connectivity index (χ1) is 12.3. The van der Waals surface area contributed by atoms with Gasteiger partial charge in [0.1, 0.15) is 5.75 Å². The Morgan fingerprint density at radius 3 is 2.80 bits per heavy atom. The van der Waals surface area contributed by atoms with Gasteiger partial charge < -0.3 is 24.8 Å². The van der Waals surface area contributed by atoms with Crippen LogP contribution in [0.4, 0.5) is 0 Å². The number of nitrogens with zero attached hydrogens (tertiary/aromatic N) is 1. The van der Waals surface area contributed by atoms with Gasteiger partial charge in [-0.3, -0.25) is 0 Å². The standard InChI is InChI=1S/C19H31N3O3/c1-3-20-19(22-14-16-7-9-17(23-2)10-8-16)21-11-5-12-24-15-18-6-4-13-25-18/h7-10,18H,3-6,11-15H2,1-2H3,(H2,20,21,22). The predicted molar refractivity (Wildman–Crippen MR) is 100 cm³/mol. The maximum atomic E-state index is 5.67. The molecule has 1 unspecified atom stereocenters. The van der Waals surface area contributed by atoms with Crippen molar-refractivity contribution in [3.05, 3.63) is 29.8 Å². The highest BCUT2D eigenvalue weighted by Gasteiger charge is 2.14. The van der Waals surface area contributed by atoms with Crippen molar-refractivity contribution in [1.82, 2.24) is 10.6 Å². The van der Waals surface area contributed by atoms with Crippen LogP contribution in [-0.2, 0) is 16.0 Å². The molecule has 0 radical (unpaired) electrons. The fourth-order valence-electron chi connectivity index (χ4n) is 2.61. The molecule has 1 fully saturated rings. The van der Waals surface area contributed by atoms with Crippen LogP contribution in [0.25, 0.3) is 0 Å². The van der Waals surface area contributed by atoms with E-state index in [9.17, 15) is 0 Å². The van der Waals surface area contributed by atoms with Crippen molar-refractivity contribution in [3.63, 3.8) is 0 Å². The first-order valence-corrected chi connectivity index (χ1v) is 9.16. The topological polar surface area (TPSA) is 64.1 Å². The van der Waals surface area contributed by atoms with E-state index in [1.807, 2.05) is 24.3 Å². The molecule has 2 rings (SSSR count). The Labute approximate surface area is 151 Å². The summed E-state index contributed by atoms with van der Waals surface area (Å²) in [5, 5.41) is 6.61. The van der Waals surface area contributed by atoms with Crippen molar-refractivity contribution in [2.75, 3.05) is 40.0 Å². The number of nitrogens with one attached hydrogen (secondary N) is 2. The van der Waals surface area contributed by atoms with E-state index < -0.39 is 0 Å². The molecule has 6 nitrogen and oxygen atoms in total. The number of hydrogen-bond donors (Lipinski definition) is 2. The van der Waals surface area contributed by atoms with Gasteiger partial charge in [0.2, 0.25) is 0 Å². The molecule has 1 aromatic rings. The van der Waals surface area contributed by atoms with Crippen LogP contribution in [0.15, 0.2) is 29.3 Å². The molecular weight excluding hydrogens is 318 g/mol. The summed E-state index contributed by atoms with van der Waals surface area (Å²) in [7, 11) is 1.67. The molecule has 1 heterocycles. The Morgan fingerprint density at radius 2 is 2.12 bits per heavy atom. The Balaban J connectivity index is 1.64. The molecule has 1 aromatic carbocycles. The molecule has 1 aliphatic heterocycles. The third-order valence-corrected chi connectivity index (χ3v) is 4.01. The fourth-order valence-corrected chi connectivity index (χ4v) is 2.61. The number of benzene rings is 1. The van der Waals surface area contributed by atoms with Crippen LogP contribution in [0.3, 0.4) is 0 Å². The van der Waals surface area contributed by atoms with Gasteiger partial charge in [-0.05, 0) is 43.9 Å². The van der Waals surface area contributed by atoms with Crippen molar-refractivity contribution in [2.24, 2.45) is 4.99 Å². The molecule has 0 aliphatic carbocycles. The molecule has 1 saturated heterocycles. The number of methoxy groups -OCH3 is 1. The van der Waals surface area contributed by atoms with Gasteiger partial charge in [-0.1, -0.05) is 12.1 Å². The molecule has 2 N–H and O–H groups in total. The highest BCUT2D eigenvalue weighted by Crippen LogP contribution is 2.12. The van der Waals surface area contributed by atoms with Crippen molar-refractivity contribution in [1.29, 1.82) is 0 Å². The lowest BCUT2D eigenvalue weighted by atomic mass is 10.2. The lowest BCUT2D eigenvalue weighted by Crippen LogP contribution is -2.38. The largest absolute Gasteiger partial charge is 0.497 e. The second-order valence-corrected chi connectivity index (χ2v) is 6.03. The molecule has 0 saturated carbocycles. The predicted octanol–water partition coefficient (Wildman–Crippen LogP) is 2.34. The number of guanidine groups is 1. The molecule has 1 aliphatic rings. The van der Waals surface area contributed by atoms with Crippen molar-refractivity contribution < 1.29 is 14.2 Å². The van der Waals surface area contributed by atoms with Gasteiger partial charge >= 0.3 is 0 Å². The van der Waals surface area contributed by atoms with Crippen LogP contribution < -0.4 is 15.4 Å². The zero-order chi connectivity index (χ0) is 17.7. The van der Waals surface area contributed by atoms with Gasteiger partial charge in [0.25, 0.3) is 0 Å². The van der Waals surface area contributed by atoms with E-state index >= 15 is 0 Å². The molecular formula is C19H31N3O3. The van der Waals surface area contributed by atoms with Gasteiger partial charge in [0.05, 0.1) is 26.4 Å². The minimum absolute atomic E-state index is 0.302. The Morgan fingerprint density at radius 1 is 1.28 bits per heavy atom. The summed E-state index contributed by atoms with van der Waals surface area (Å²) < 4.78 is 16.4. The summed E-state index contributed by atoms with van der Waals surface area (Å²) in [6, 6.07) is 7.98. The van der Waals surface area contributed by atoms with Gasteiger partial charge in [-0.2, -0.15) is 0 Å². The third-order valence-electron chi connectivity index (χ3n) is 4.01. The van der Waals surface area contributed by atoms with E-state index in [2.05, 4.69) is 22.5 Å². The summed E-state index contributed by atoms with van der Waals surface area (Å²) in [6.07, 6.45) is 3.53. The Hall–Kier alpha value is -1.79. The molecule has 6 heteroatoms. The first kappa shape index (κ1) is 19.5. The fraction of sp³-hybridized carbons (Fsp3) is 0.632. The van der Waals surface area contributed by atoms with Crippen molar-refractivity contribution in [2.45, 2.75) is 38.8 Å². The summed E-state index contributed by atoms with van der Waals surface area (Å²) >= 11 is 0. The van der Waals surface area contributed by atoms with Crippen LogP contribution in [0.2, 0.25) is 0 Å². The van der Waals surface area contributed by atoms with Crippen LogP contribution in [0.1, 0.15) is 31.7 Å². The lowest BCUT2D eigenvalue weighted by Gasteiger charge is -2.12. The quantitative estimate of drug-likeness (QED) is 0.386. The summed E-state index contributed by atoms with van der Waals surface area (Å²) in [5.41, 5.74) is 1.15. The van der Waals surface area contributed by atoms with E-state index in [1.54, 1.807) is 7.11 Å². The Kier molecular flexibility index (Phi) is 9.15. The molecule has 0 amide bonds. The summed E-state index contributed by atoms with van der Waals surface area (Å²) in [5.74, 6) is 1.69. The Bertz CT molecular complexity index is 499. The first-order valence-electron chi connectivity index (χ1n) is 9.16. The minimum atomic E-state index is 0.302. The van der Waals surface area contributed by atoms with Crippen molar-refractivity contribution in [3.8, 4) is 5.75 Å². The molecule has 1 atom stereocenters. The number of ether oxygens (including phenoxy) is 3. The van der Waals surface area contributed by atoms with Crippen molar-refractivity contribution >= 4 is 5.96 Å². The second-order valence-electron chi connectivity index (χ2n) is 6.03. The highest BCUT2D eigenvalue weighted by molar-refractivity contribution is 5.79. The monoisotopic (exact) mass is 349 g/mol. The third kappa shape index (κ3) is 7.75. The van der Waals surface area contributed by atoms with Crippen LogP contribution >= 0.6 is 0 Å². The van der Waals surface area contributed by atoms with Crippen LogP contribution in [0.5, 0.6) is 5.75 Å². The van der Waals surface area contributed by atoms with E-state index in [0.29, 0.717) is 19.3 Å². The van der Waals surface area contributed by atoms with E-state index in [4.69, 9.17) is 14.2 Å². The maximum Gasteiger partial charge on any atom is 0.191 e. The molecule has 0 bridgehead atoms. The molecule has 0 spiro atoms. The minimum Gasteiger partial charge on any atom is -0.497 e. The van der Waals surface area contributed by atoms with E-state index in [1.165, 1.54) is 0 Å². The smallest absolute Gasteiger partial charge is 0.191 e. The molecule has 0 aromatic heterocycles. The SMILES string of the molecule is CCNC(=NCc1ccc(OC)cc1)NCCCOCC1CCCO1. The van der Waals surface area contributed by atoms with Crippen LogP contribution in [0, 0.1) is 0 Å². The van der Waals surface area contributed by atoms with E-state index in [-0.39, 0.29) is 0 Å². The zero-order valence-electron chi connectivity index (χ0n) is 15.4. The summed E-state index contributed by atoms with van der Waals surface area (Å²) in [6.45, 7) is 6.71. The van der Waals surface area contributed by atoms with Gasteiger partial charge in [0, 0.05) is 26.3 Å². The average molecular weight is 349 g/mol. The second kappa shape index (κ2) is 11.7. The molecule has 140 valence electrons. The number of hydrogen-bond acceptors (Lipinski definition) is 4.